The van der Waals surface area contributed by atoms with Crippen LogP contribution in [0.1, 0.15) is 58.3 Å². The number of hydrogen-bond donors (Lipinski definition) is 1. The second-order valence-corrected chi connectivity index (χ2v) is 5.92. The molecule has 1 fully saturated rings. The van der Waals surface area contributed by atoms with Crippen molar-refractivity contribution in [1.82, 2.24) is 5.32 Å². The molecule has 0 spiro atoms. The Morgan fingerprint density at radius 1 is 0.952 bits per heavy atom. The summed E-state index contributed by atoms with van der Waals surface area (Å²) in [7, 11) is 1.72. The van der Waals surface area contributed by atoms with Crippen LogP contribution in [0.25, 0.3) is 0 Å². The summed E-state index contributed by atoms with van der Waals surface area (Å²) in [6.45, 7) is 6.26. The molecule has 126 valence electrons. The highest BCUT2D eigenvalue weighted by atomic mass is 16.5. The molecule has 2 unspecified atom stereocenters. The van der Waals surface area contributed by atoms with E-state index >= 15 is 0 Å². The molecule has 1 saturated carbocycles. The Balaban J connectivity index is 2.19. The highest BCUT2D eigenvalue weighted by Gasteiger charge is 2.22. The largest absolute Gasteiger partial charge is 0.385 e. The Kier molecular flexibility index (Phi) is 12.1. The first-order valence-corrected chi connectivity index (χ1v) is 8.80. The van der Waals surface area contributed by atoms with Gasteiger partial charge >= 0.3 is 0 Å². The molecule has 2 atom stereocenters. The molecule has 0 aliphatic heterocycles. The van der Waals surface area contributed by atoms with E-state index in [-0.39, 0.29) is 0 Å². The first-order chi connectivity index (χ1) is 10.4. The van der Waals surface area contributed by atoms with Crippen LogP contribution < -0.4 is 5.32 Å². The topological polar surface area (TPSA) is 39.7 Å². The van der Waals surface area contributed by atoms with E-state index in [1.165, 1.54) is 44.9 Å². The van der Waals surface area contributed by atoms with Crippen LogP contribution >= 0.6 is 0 Å². The lowest BCUT2D eigenvalue weighted by molar-refractivity contribution is -0.0217. The van der Waals surface area contributed by atoms with Crippen molar-refractivity contribution in [2.24, 2.45) is 0 Å². The molecule has 0 radical (unpaired) electrons. The van der Waals surface area contributed by atoms with E-state index in [4.69, 9.17) is 14.2 Å². The normalized spacial score (nSPS) is 23.7. The molecule has 21 heavy (non-hydrogen) atoms. The van der Waals surface area contributed by atoms with Crippen molar-refractivity contribution >= 4 is 0 Å². The van der Waals surface area contributed by atoms with Gasteiger partial charge in [-0.1, -0.05) is 32.6 Å². The minimum Gasteiger partial charge on any atom is -0.385 e. The maximum Gasteiger partial charge on any atom is 0.0729 e. The SMILES string of the molecule is CCCNC1CCCCCCC1OCCOCCCOC. The van der Waals surface area contributed by atoms with Gasteiger partial charge < -0.3 is 19.5 Å². The Hall–Kier alpha value is -0.160. The number of ether oxygens (including phenoxy) is 3. The standard InChI is InChI=1S/C17H35NO3/c1-3-11-18-16-9-6-4-5-7-10-17(16)21-15-14-20-13-8-12-19-2/h16-18H,3-15H2,1-2H3. The van der Waals surface area contributed by atoms with E-state index in [2.05, 4.69) is 12.2 Å². The molecule has 0 aromatic carbocycles. The fourth-order valence-corrected chi connectivity index (χ4v) is 2.88. The predicted octanol–water partition coefficient (Wildman–Crippen LogP) is 3.15. The average Bonchev–Trinajstić information content (AvgIpc) is 2.47. The van der Waals surface area contributed by atoms with Crippen molar-refractivity contribution in [3.8, 4) is 0 Å². The fourth-order valence-electron chi connectivity index (χ4n) is 2.88. The zero-order valence-corrected chi connectivity index (χ0v) is 14.1. The summed E-state index contributed by atoms with van der Waals surface area (Å²) in [5.74, 6) is 0. The second-order valence-electron chi connectivity index (χ2n) is 5.92. The van der Waals surface area contributed by atoms with Gasteiger partial charge in [-0.2, -0.15) is 0 Å². The zero-order chi connectivity index (χ0) is 15.2. The molecule has 0 heterocycles. The van der Waals surface area contributed by atoms with Crippen LogP contribution in [0.4, 0.5) is 0 Å². The van der Waals surface area contributed by atoms with Crippen molar-refractivity contribution < 1.29 is 14.2 Å². The highest BCUT2D eigenvalue weighted by Crippen LogP contribution is 2.20. The Morgan fingerprint density at radius 2 is 1.76 bits per heavy atom. The molecular formula is C17H35NO3. The Morgan fingerprint density at radius 3 is 2.52 bits per heavy atom. The van der Waals surface area contributed by atoms with Crippen molar-refractivity contribution in [1.29, 1.82) is 0 Å². The second kappa shape index (κ2) is 13.5. The van der Waals surface area contributed by atoms with Gasteiger partial charge in [0.15, 0.2) is 0 Å². The zero-order valence-electron chi connectivity index (χ0n) is 14.1. The molecule has 0 aromatic rings. The molecule has 4 nitrogen and oxygen atoms in total. The molecule has 1 rings (SSSR count). The smallest absolute Gasteiger partial charge is 0.0729 e. The summed E-state index contributed by atoms with van der Waals surface area (Å²) in [5, 5.41) is 3.68. The number of hydrogen-bond acceptors (Lipinski definition) is 4. The molecule has 1 N–H and O–H groups in total. The predicted molar refractivity (Wildman–Crippen MR) is 86.8 cm³/mol. The number of rotatable bonds is 11. The van der Waals surface area contributed by atoms with Gasteiger partial charge in [0.05, 0.1) is 19.3 Å². The fraction of sp³-hybridized carbons (Fsp3) is 1.00. The first-order valence-electron chi connectivity index (χ1n) is 8.80. The quantitative estimate of drug-likeness (QED) is 0.595. The lowest BCUT2D eigenvalue weighted by Crippen LogP contribution is -2.42. The lowest BCUT2D eigenvalue weighted by atomic mass is 9.94. The maximum atomic E-state index is 6.12. The minimum atomic E-state index is 0.361. The van der Waals surface area contributed by atoms with Crippen LogP contribution in [0.2, 0.25) is 0 Å². The van der Waals surface area contributed by atoms with Gasteiger partial charge in [0.25, 0.3) is 0 Å². The Bertz CT molecular complexity index is 224. The lowest BCUT2D eigenvalue weighted by Gasteiger charge is -2.30. The molecular weight excluding hydrogens is 266 g/mol. The molecule has 0 bridgehead atoms. The van der Waals surface area contributed by atoms with Gasteiger partial charge in [0.2, 0.25) is 0 Å². The van der Waals surface area contributed by atoms with E-state index in [0.29, 0.717) is 25.4 Å². The maximum absolute atomic E-state index is 6.12. The Labute approximate surface area is 130 Å². The van der Waals surface area contributed by atoms with Crippen LogP contribution in [-0.2, 0) is 14.2 Å². The van der Waals surface area contributed by atoms with Crippen LogP contribution in [0.5, 0.6) is 0 Å². The van der Waals surface area contributed by atoms with E-state index in [9.17, 15) is 0 Å². The monoisotopic (exact) mass is 301 g/mol. The van der Waals surface area contributed by atoms with E-state index in [1.54, 1.807) is 7.11 Å². The minimum absolute atomic E-state index is 0.361. The van der Waals surface area contributed by atoms with Crippen molar-refractivity contribution in [2.45, 2.75) is 70.4 Å². The summed E-state index contributed by atoms with van der Waals surface area (Å²) in [4.78, 5) is 0. The van der Waals surface area contributed by atoms with Gasteiger partial charge in [0, 0.05) is 26.4 Å². The molecule has 1 aliphatic rings. The third-order valence-corrected chi connectivity index (χ3v) is 4.06. The van der Waals surface area contributed by atoms with Crippen LogP contribution in [0.15, 0.2) is 0 Å². The summed E-state index contributed by atoms with van der Waals surface area (Å²) in [5.41, 5.74) is 0. The average molecular weight is 301 g/mol. The van der Waals surface area contributed by atoms with Gasteiger partial charge in [-0.05, 0) is 32.2 Å². The van der Waals surface area contributed by atoms with Gasteiger partial charge in [-0.3, -0.25) is 0 Å². The molecule has 4 heteroatoms. The summed E-state index contributed by atoms with van der Waals surface area (Å²) < 4.78 is 16.7. The summed E-state index contributed by atoms with van der Waals surface area (Å²) in [6, 6.07) is 0.527. The van der Waals surface area contributed by atoms with Gasteiger partial charge in [-0.25, -0.2) is 0 Å². The van der Waals surface area contributed by atoms with Crippen LogP contribution in [0.3, 0.4) is 0 Å². The first kappa shape index (κ1) is 18.9. The molecule has 0 amide bonds. The number of nitrogens with one attached hydrogen (secondary N) is 1. The van der Waals surface area contributed by atoms with Crippen molar-refractivity contribution in [3.63, 3.8) is 0 Å². The van der Waals surface area contributed by atoms with Gasteiger partial charge in [0.1, 0.15) is 0 Å². The third-order valence-electron chi connectivity index (χ3n) is 4.06. The van der Waals surface area contributed by atoms with Crippen LogP contribution in [-0.4, -0.2) is 52.2 Å². The number of methoxy groups -OCH3 is 1. The van der Waals surface area contributed by atoms with Gasteiger partial charge in [-0.15, -0.1) is 0 Å². The van der Waals surface area contributed by atoms with Crippen molar-refractivity contribution in [3.05, 3.63) is 0 Å². The van der Waals surface area contributed by atoms with Crippen molar-refractivity contribution in [2.75, 3.05) is 40.1 Å². The summed E-state index contributed by atoms with van der Waals surface area (Å²) >= 11 is 0. The molecule has 0 saturated heterocycles. The molecule has 1 aliphatic carbocycles. The third kappa shape index (κ3) is 9.46. The van der Waals surface area contributed by atoms with E-state index in [0.717, 1.165) is 26.2 Å². The van der Waals surface area contributed by atoms with E-state index in [1.807, 2.05) is 0 Å². The summed E-state index contributed by atoms with van der Waals surface area (Å²) in [6.07, 6.45) is 10.3. The highest BCUT2D eigenvalue weighted by molar-refractivity contribution is 4.79. The molecule has 0 aromatic heterocycles. The van der Waals surface area contributed by atoms with E-state index < -0.39 is 0 Å². The van der Waals surface area contributed by atoms with Crippen LogP contribution in [0, 0.1) is 0 Å².